The zero-order valence-corrected chi connectivity index (χ0v) is 7.35. The van der Waals surface area contributed by atoms with E-state index in [1.54, 1.807) is 0 Å². The first-order chi connectivity index (χ1) is 5.79. The number of hydrogen-bond acceptors (Lipinski definition) is 2. The lowest BCUT2D eigenvalue weighted by molar-refractivity contribution is 0.641. The summed E-state index contributed by atoms with van der Waals surface area (Å²) in [6.07, 6.45) is 1.12. The second-order valence-electron chi connectivity index (χ2n) is 3.34. The standard InChI is InChI=1S/C10H14N2/c1-7-9-4-5-12-6-8(9)2-3-10(7)11/h2-3,12H,4-6,11H2,1H3. The molecule has 2 rings (SSSR count). The van der Waals surface area contributed by atoms with Crippen LogP contribution in [0.3, 0.4) is 0 Å². The minimum atomic E-state index is 0.927. The highest BCUT2D eigenvalue weighted by Crippen LogP contribution is 2.22. The van der Waals surface area contributed by atoms with Crippen molar-refractivity contribution >= 4 is 5.69 Å². The maximum atomic E-state index is 5.82. The van der Waals surface area contributed by atoms with Gasteiger partial charge in [0.05, 0.1) is 0 Å². The van der Waals surface area contributed by atoms with E-state index in [0.29, 0.717) is 0 Å². The van der Waals surface area contributed by atoms with E-state index in [-0.39, 0.29) is 0 Å². The van der Waals surface area contributed by atoms with Gasteiger partial charge in [0.25, 0.3) is 0 Å². The molecule has 0 saturated carbocycles. The van der Waals surface area contributed by atoms with Gasteiger partial charge in [0, 0.05) is 12.2 Å². The highest BCUT2D eigenvalue weighted by molar-refractivity contribution is 5.53. The van der Waals surface area contributed by atoms with Crippen LogP contribution in [0.1, 0.15) is 16.7 Å². The van der Waals surface area contributed by atoms with Crippen LogP contribution in [0.4, 0.5) is 5.69 Å². The molecule has 1 heterocycles. The highest BCUT2D eigenvalue weighted by atomic mass is 14.9. The van der Waals surface area contributed by atoms with E-state index in [4.69, 9.17) is 5.73 Å². The molecule has 0 fully saturated rings. The average Bonchev–Trinajstić information content (AvgIpc) is 2.12. The van der Waals surface area contributed by atoms with Crippen molar-refractivity contribution < 1.29 is 0 Å². The van der Waals surface area contributed by atoms with E-state index in [0.717, 1.165) is 25.2 Å². The van der Waals surface area contributed by atoms with Crippen molar-refractivity contribution in [1.82, 2.24) is 5.32 Å². The Hall–Kier alpha value is -1.02. The molecule has 0 aromatic heterocycles. The Kier molecular flexibility index (Phi) is 1.77. The van der Waals surface area contributed by atoms with Crippen molar-refractivity contribution in [2.75, 3.05) is 12.3 Å². The second-order valence-corrected chi connectivity index (χ2v) is 3.34. The molecule has 0 bridgehead atoms. The summed E-state index contributed by atoms with van der Waals surface area (Å²) in [4.78, 5) is 0. The van der Waals surface area contributed by atoms with Gasteiger partial charge in [0.15, 0.2) is 0 Å². The van der Waals surface area contributed by atoms with Crippen LogP contribution in [-0.2, 0) is 13.0 Å². The summed E-state index contributed by atoms with van der Waals surface area (Å²) in [7, 11) is 0. The number of nitrogens with one attached hydrogen (secondary N) is 1. The molecule has 2 heteroatoms. The lowest BCUT2D eigenvalue weighted by Crippen LogP contribution is -2.24. The Labute approximate surface area is 72.8 Å². The monoisotopic (exact) mass is 162 g/mol. The topological polar surface area (TPSA) is 38.0 Å². The number of nitrogens with two attached hydrogens (primary N) is 1. The van der Waals surface area contributed by atoms with Crippen molar-refractivity contribution in [3.05, 3.63) is 28.8 Å². The van der Waals surface area contributed by atoms with Gasteiger partial charge in [-0.15, -0.1) is 0 Å². The molecule has 0 atom stereocenters. The maximum Gasteiger partial charge on any atom is 0.0346 e. The molecule has 2 nitrogen and oxygen atoms in total. The molecule has 0 spiro atoms. The first kappa shape index (κ1) is 7.62. The maximum absolute atomic E-state index is 5.82. The third-order valence-electron chi connectivity index (χ3n) is 2.60. The first-order valence-corrected chi connectivity index (χ1v) is 4.36. The summed E-state index contributed by atoms with van der Waals surface area (Å²) in [5.41, 5.74) is 10.9. The third kappa shape index (κ3) is 1.08. The van der Waals surface area contributed by atoms with Crippen LogP contribution in [0.2, 0.25) is 0 Å². The van der Waals surface area contributed by atoms with Crippen LogP contribution in [0.25, 0.3) is 0 Å². The van der Waals surface area contributed by atoms with E-state index in [2.05, 4.69) is 18.3 Å². The lowest BCUT2D eigenvalue weighted by Gasteiger charge is -2.19. The van der Waals surface area contributed by atoms with Crippen molar-refractivity contribution in [2.24, 2.45) is 0 Å². The molecule has 12 heavy (non-hydrogen) atoms. The largest absolute Gasteiger partial charge is 0.399 e. The number of nitrogen functional groups attached to an aromatic ring is 1. The van der Waals surface area contributed by atoms with Crippen molar-refractivity contribution in [2.45, 2.75) is 19.9 Å². The number of benzene rings is 1. The van der Waals surface area contributed by atoms with Gasteiger partial charge < -0.3 is 11.1 Å². The fourth-order valence-electron chi connectivity index (χ4n) is 1.78. The summed E-state index contributed by atoms with van der Waals surface area (Å²) in [6.45, 7) is 4.19. The van der Waals surface area contributed by atoms with Crippen molar-refractivity contribution in [1.29, 1.82) is 0 Å². The fourth-order valence-corrected chi connectivity index (χ4v) is 1.78. The molecule has 0 aliphatic carbocycles. The van der Waals surface area contributed by atoms with Crippen molar-refractivity contribution in [3.63, 3.8) is 0 Å². The van der Waals surface area contributed by atoms with E-state index in [1.807, 2.05) is 6.07 Å². The van der Waals surface area contributed by atoms with Gasteiger partial charge in [0.1, 0.15) is 0 Å². The van der Waals surface area contributed by atoms with E-state index in [1.165, 1.54) is 16.7 Å². The van der Waals surface area contributed by atoms with Crippen LogP contribution < -0.4 is 11.1 Å². The van der Waals surface area contributed by atoms with Gasteiger partial charge in [0.2, 0.25) is 0 Å². The molecule has 0 saturated heterocycles. The number of rotatable bonds is 0. The fraction of sp³-hybridized carbons (Fsp3) is 0.400. The van der Waals surface area contributed by atoms with Crippen LogP contribution in [0, 0.1) is 6.92 Å². The number of anilines is 1. The zero-order chi connectivity index (χ0) is 8.55. The van der Waals surface area contributed by atoms with E-state index < -0.39 is 0 Å². The van der Waals surface area contributed by atoms with Gasteiger partial charge in [-0.05, 0) is 42.6 Å². The van der Waals surface area contributed by atoms with Gasteiger partial charge in [-0.25, -0.2) is 0 Å². The minimum Gasteiger partial charge on any atom is -0.399 e. The second kappa shape index (κ2) is 2.79. The summed E-state index contributed by atoms with van der Waals surface area (Å²) in [5.74, 6) is 0. The summed E-state index contributed by atoms with van der Waals surface area (Å²) < 4.78 is 0. The predicted molar refractivity (Wildman–Crippen MR) is 51.0 cm³/mol. The Balaban J connectivity index is 2.54. The SMILES string of the molecule is Cc1c(N)ccc2c1CCNC2. The van der Waals surface area contributed by atoms with Crippen LogP contribution in [0.15, 0.2) is 12.1 Å². The normalized spacial score (nSPS) is 15.8. The average molecular weight is 162 g/mol. The number of hydrogen-bond donors (Lipinski definition) is 2. The van der Waals surface area contributed by atoms with Crippen LogP contribution in [0.5, 0.6) is 0 Å². The van der Waals surface area contributed by atoms with Gasteiger partial charge in [-0.3, -0.25) is 0 Å². The Morgan fingerprint density at radius 1 is 1.42 bits per heavy atom. The smallest absolute Gasteiger partial charge is 0.0346 e. The molecule has 1 aliphatic heterocycles. The third-order valence-corrected chi connectivity index (χ3v) is 2.60. The summed E-state index contributed by atoms with van der Waals surface area (Å²) in [5, 5.41) is 3.35. The Morgan fingerprint density at radius 3 is 3.08 bits per heavy atom. The molecule has 3 N–H and O–H groups in total. The lowest BCUT2D eigenvalue weighted by atomic mass is 9.95. The highest BCUT2D eigenvalue weighted by Gasteiger charge is 2.11. The predicted octanol–water partition coefficient (Wildman–Crippen LogP) is 1.22. The quantitative estimate of drug-likeness (QED) is 0.563. The Morgan fingerprint density at radius 2 is 2.25 bits per heavy atom. The van der Waals surface area contributed by atoms with Gasteiger partial charge in [-0.1, -0.05) is 6.07 Å². The van der Waals surface area contributed by atoms with E-state index >= 15 is 0 Å². The first-order valence-electron chi connectivity index (χ1n) is 4.36. The van der Waals surface area contributed by atoms with Crippen LogP contribution >= 0.6 is 0 Å². The molecular formula is C10H14N2. The molecule has 1 aromatic carbocycles. The molecular weight excluding hydrogens is 148 g/mol. The minimum absolute atomic E-state index is 0.927. The summed E-state index contributed by atoms with van der Waals surface area (Å²) >= 11 is 0. The molecule has 0 unspecified atom stereocenters. The molecule has 1 aliphatic rings. The summed E-state index contributed by atoms with van der Waals surface area (Å²) in [6, 6.07) is 4.13. The molecule has 64 valence electrons. The number of fused-ring (bicyclic) bond motifs is 1. The molecule has 0 radical (unpaired) electrons. The van der Waals surface area contributed by atoms with Gasteiger partial charge in [-0.2, -0.15) is 0 Å². The van der Waals surface area contributed by atoms with Crippen molar-refractivity contribution in [3.8, 4) is 0 Å². The molecule has 1 aromatic rings. The zero-order valence-electron chi connectivity index (χ0n) is 7.35. The van der Waals surface area contributed by atoms with Gasteiger partial charge >= 0.3 is 0 Å². The van der Waals surface area contributed by atoms with E-state index in [9.17, 15) is 0 Å². The Bertz CT molecular complexity index is 305. The molecule has 0 amide bonds. The van der Waals surface area contributed by atoms with Crippen LogP contribution in [-0.4, -0.2) is 6.54 Å².